The zero-order valence-electron chi connectivity index (χ0n) is 27.8. The quantitative estimate of drug-likeness (QED) is 0.119. The van der Waals surface area contributed by atoms with Crippen LogP contribution in [0.2, 0.25) is 0 Å². The molecule has 1 heterocycles. The van der Waals surface area contributed by atoms with Crippen molar-refractivity contribution in [3.63, 3.8) is 0 Å². The molecule has 4 saturated carbocycles. The van der Waals surface area contributed by atoms with Gasteiger partial charge in [0.1, 0.15) is 18.3 Å². The van der Waals surface area contributed by atoms with Gasteiger partial charge < -0.3 is 39.6 Å². The number of rotatable bonds is 9. The van der Waals surface area contributed by atoms with Crippen LogP contribution in [0.25, 0.3) is 0 Å². The van der Waals surface area contributed by atoms with Crippen LogP contribution in [0.5, 0.6) is 0 Å². The molecule has 0 radical (unpaired) electrons. The number of hydrogen-bond acceptors (Lipinski definition) is 11. The van der Waals surface area contributed by atoms with Crippen LogP contribution in [0.3, 0.4) is 0 Å². The van der Waals surface area contributed by atoms with Crippen molar-refractivity contribution in [3.8, 4) is 0 Å². The van der Waals surface area contributed by atoms with Gasteiger partial charge in [-0.05, 0) is 110 Å². The van der Waals surface area contributed by atoms with Gasteiger partial charge in [0.05, 0.1) is 31.0 Å². The Morgan fingerprint density at radius 1 is 0.889 bits per heavy atom. The molecular formula is C32H55NaO11S. The number of ether oxygens (including phenoxy) is 2. The zero-order chi connectivity index (χ0) is 32.4. The van der Waals surface area contributed by atoms with Gasteiger partial charge in [-0.3, -0.25) is 4.18 Å². The number of fused-ring (bicyclic) bond motifs is 5. The van der Waals surface area contributed by atoms with Crippen LogP contribution in [0.1, 0.15) is 92.4 Å². The Morgan fingerprint density at radius 3 is 2.20 bits per heavy atom. The largest absolute Gasteiger partial charge is 1.00 e. The van der Waals surface area contributed by atoms with E-state index in [1.807, 2.05) is 13.8 Å². The summed E-state index contributed by atoms with van der Waals surface area (Å²) in [5, 5.41) is 52.1. The van der Waals surface area contributed by atoms with E-state index >= 15 is 0 Å². The Morgan fingerprint density at radius 2 is 1.56 bits per heavy atom. The molecule has 0 aromatic carbocycles. The first-order valence-corrected chi connectivity index (χ1v) is 18.1. The van der Waals surface area contributed by atoms with Gasteiger partial charge in [0.2, 0.25) is 10.4 Å². The number of aliphatic hydroxyl groups is 5. The van der Waals surface area contributed by atoms with Crippen LogP contribution in [0.4, 0.5) is 0 Å². The SMILES string of the molecule is CC(C)[C@H](CCC(C)[C@H]1C[C@H](OS(=O)(=O)[O-])C2C3C[C@H](O)C4C[C@@H](O)CC[C@]4(C)C3CC[C@@]21C)O[C@@H]1OC[C@@H](O)[C@H](O)[C@H]1O.[Na+]. The van der Waals surface area contributed by atoms with Gasteiger partial charge in [-0.25, -0.2) is 8.42 Å². The molecule has 16 atom stereocenters. The maximum atomic E-state index is 12.0. The van der Waals surface area contributed by atoms with Crippen molar-refractivity contribution in [1.29, 1.82) is 0 Å². The van der Waals surface area contributed by atoms with Crippen molar-refractivity contribution in [1.82, 2.24) is 0 Å². The molecule has 11 nitrogen and oxygen atoms in total. The Bertz CT molecular complexity index is 1110. The van der Waals surface area contributed by atoms with Crippen molar-refractivity contribution >= 4 is 10.4 Å². The maximum Gasteiger partial charge on any atom is 1.00 e. The summed E-state index contributed by atoms with van der Waals surface area (Å²) < 4.78 is 53.0. The second-order valence-corrected chi connectivity index (χ2v) is 16.8. The average Bonchev–Trinajstić information content (AvgIpc) is 3.22. The second kappa shape index (κ2) is 14.4. The van der Waals surface area contributed by atoms with Gasteiger partial charge in [0, 0.05) is 0 Å². The summed E-state index contributed by atoms with van der Waals surface area (Å²) in [5.41, 5.74) is -0.450. The first kappa shape index (κ1) is 38.4. The third kappa shape index (κ3) is 7.54. The average molecular weight is 671 g/mol. The minimum absolute atomic E-state index is 0. The topological polar surface area (TPSA) is 186 Å². The molecule has 256 valence electrons. The van der Waals surface area contributed by atoms with E-state index in [9.17, 15) is 38.5 Å². The second-order valence-electron chi connectivity index (χ2n) is 15.8. The summed E-state index contributed by atoms with van der Waals surface area (Å²) in [5.74, 6) is 0.383. The predicted molar refractivity (Wildman–Crippen MR) is 158 cm³/mol. The van der Waals surface area contributed by atoms with E-state index in [4.69, 9.17) is 13.7 Å². The fraction of sp³-hybridized carbons (Fsp3) is 1.00. The normalized spacial score (nSPS) is 48.1. The van der Waals surface area contributed by atoms with E-state index in [0.717, 1.165) is 25.7 Å². The fourth-order valence-electron chi connectivity index (χ4n) is 10.7. The molecule has 1 saturated heterocycles. The minimum Gasteiger partial charge on any atom is -0.726 e. The van der Waals surface area contributed by atoms with Crippen LogP contribution >= 0.6 is 0 Å². The molecule has 5 fully saturated rings. The Labute approximate surface area is 291 Å². The summed E-state index contributed by atoms with van der Waals surface area (Å²) in [7, 11) is -4.94. The smallest absolute Gasteiger partial charge is 0.726 e. The van der Waals surface area contributed by atoms with Gasteiger partial charge in [-0.2, -0.15) is 0 Å². The van der Waals surface area contributed by atoms with Gasteiger partial charge in [-0.15, -0.1) is 0 Å². The van der Waals surface area contributed by atoms with E-state index < -0.39 is 53.3 Å². The van der Waals surface area contributed by atoms with Crippen molar-refractivity contribution in [2.24, 2.45) is 52.3 Å². The number of hydrogen-bond donors (Lipinski definition) is 5. The standard InChI is InChI=1S/C32H56O11S.Na/c1-16(2)25(42-30-29(37)28(36)24(35)15-41-30)7-6-17(3)21-14-26(43-44(38,39)40)27-19-13-23(34)22-12-18(33)8-10-31(22,4)20(19)9-11-32(21,27)5;/h16-30,33-37H,6-15H2,1-5H3,(H,38,39,40);/q;+1/p-1/t17?,18-,19?,20?,21+,22?,23-,24+,25-,26-,27?,28-,29+,30-,31+,32+;/m0./s1. The van der Waals surface area contributed by atoms with E-state index in [1.165, 1.54) is 0 Å². The molecule has 5 aliphatic rings. The van der Waals surface area contributed by atoms with Crippen molar-refractivity contribution in [2.75, 3.05) is 6.61 Å². The molecule has 0 spiro atoms. The molecule has 0 amide bonds. The van der Waals surface area contributed by atoms with Crippen molar-refractivity contribution < 1.29 is 81.7 Å². The molecule has 4 aliphatic carbocycles. The molecule has 13 heteroatoms. The Hall–Kier alpha value is 0.590. The Balaban J connectivity index is 0.00000461. The molecule has 0 aromatic rings. The van der Waals surface area contributed by atoms with Gasteiger partial charge in [-0.1, -0.05) is 34.6 Å². The van der Waals surface area contributed by atoms with Crippen LogP contribution in [0, 0.1) is 52.3 Å². The fourth-order valence-corrected chi connectivity index (χ4v) is 11.3. The molecule has 1 aliphatic heterocycles. The van der Waals surface area contributed by atoms with E-state index in [-0.39, 0.29) is 94.5 Å². The number of aliphatic hydroxyl groups excluding tert-OH is 5. The molecule has 5 N–H and O–H groups in total. The third-order valence-corrected chi connectivity index (χ3v) is 13.5. The van der Waals surface area contributed by atoms with E-state index in [0.29, 0.717) is 32.1 Å². The van der Waals surface area contributed by atoms with Crippen LogP contribution in [-0.4, -0.2) is 94.1 Å². The van der Waals surface area contributed by atoms with Gasteiger partial charge in [0.25, 0.3) is 0 Å². The summed E-state index contributed by atoms with van der Waals surface area (Å²) in [6.45, 7) is 10.5. The maximum absolute atomic E-state index is 12.0. The van der Waals surface area contributed by atoms with Crippen LogP contribution in [0.15, 0.2) is 0 Å². The van der Waals surface area contributed by atoms with E-state index in [2.05, 4.69) is 20.8 Å². The molecule has 0 bridgehead atoms. The van der Waals surface area contributed by atoms with Crippen LogP contribution in [-0.2, 0) is 24.1 Å². The summed E-state index contributed by atoms with van der Waals surface area (Å²) >= 11 is 0. The van der Waals surface area contributed by atoms with Crippen LogP contribution < -0.4 is 29.6 Å². The first-order valence-electron chi connectivity index (χ1n) is 16.8. The summed E-state index contributed by atoms with van der Waals surface area (Å²) in [6.07, 6.45) is -0.716. The Kier molecular flexibility index (Phi) is 12.3. The minimum atomic E-state index is -4.94. The summed E-state index contributed by atoms with van der Waals surface area (Å²) in [4.78, 5) is 0. The third-order valence-electron chi connectivity index (χ3n) is 13.0. The molecule has 5 rings (SSSR count). The zero-order valence-corrected chi connectivity index (χ0v) is 30.6. The molecule has 45 heavy (non-hydrogen) atoms. The predicted octanol–water partition coefficient (Wildman–Crippen LogP) is -0.667. The molecule has 0 aromatic heterocycles. The van der Waals surface area contributed by atoms with E-state index in [1.54, 1.807) is 0 Å². The summed E-state index contributed by atoms with van der Waals surface area (Å²) in [6, 6.07) is 0. The molecular weight excluding hydrogens is 615 g/mol. The molecule has 5 unspecified atom stereocenters. The monoisotopic (exact) mass is 670 g/mol. The van der Waals surface area contributed by atoms with Gasteiger partial charge in [0.15, 0.2) is 6.29 Å². The first-order chi connectivity index (χ1) is 20.5. The van der Waals surface area contributed by atoms with Crippen molar-refractivity contribution in [2.45, 2.75) is 141 Å². The van der Waals surface area contributed by atoms with Gasteiger partial charge >= 0.3 is 29.6 Å². The van der Waals surface area contributed by atoms with Crippen molar-refractivity contribution in [3.05, 3.63) is 0 Å².